The van der Waals surface area contributed by atoms with Gasteiger partial charge in [0.2, 0.25) is 0 Å². The summed E-state index contributed by atoms with van der Waals surface area (Å²) in [5.41, 5.74) is 1.90. The number of hydrogen-bond donors (Lipinski definition) is 1. The molecule has 0 aliphatic heterocycles. The molecular formula is C11H13NO2. The molecule has 74 valence electrons. The van der Waals surface area contributed by atoms with Crippen LogP contribution < -0.4 is 4.90 Å². The fraction of sp³-hybridized carbons (Fsp3) is 0.273. The van der Waals surface area contributed by atoms with Crippen molar-refractivity contribution in [2.75, 3.05) is 25.1 Å². The van der Waals surface area contributed by atoms with E-state index >= 15 is 0 Å². The Hall–Kier alpha value is -1.48. The number of rotatable bonds is 3. The van der Waals surface area contributed by atoms with Crippen molar-refractivity contribution in [3.63, 3.8) is 0 Å². The Morgan fingerprint density at radius 3 is 2.93 bits per heavy atom. The lowest BCUT2D eigenvalue weighted by molar-refractivity contribution is 0.304. The molecule has 1 aromatic carbocycles. The maximum Gasteiger partial charge on any atom is 0.136 e. The van der Waals surface area contributed by atoms with Crippen LogP contribution in [0.2, 0.25) is 0 Å². The molecule has 0 atom stereocenters. The second-order valence-electron chi connectivity index (χ2n) is 3.26. The zero-order chi connectivity index (χ0) is 9.97. The minimum absolute atomic E-state index is 0.149. The Morgan fingerprint density at radius 1 is 1.36 bits per heavy atom. The van der Waals surface area contributed by atoms with E-state index in [0.717, 1.165) is 16.7 Å². The van der Waals surface area contributed by atoms with Crippen LogP contribution in [-0.4, -0.2) is 25.3 Å². The predicted molar refractivity (Wildman–Crippen MR) is 56.6 cm³/mol. The van der Waals surface area contributed by atoms with Crippen LogP contribution in [-0.2, 0) is 0 Å². The van der Waals surface area contributed by atoms with E-state index in [2.05, 4.69) is 0 Å². The van der Waals surface area contributed by atoms with Crippen molar-refractivity contribution in [1.29, 1.82) is 0 Å². The van der Waals surface area contributed by atoms with Gasteiger partial charge in [-0.25, -0.2) is 0 Å². The number of fused-ring (bicyclic) bond motifs is 1. The minimum atomic E-state index is 0.149. The maximum atomic E-state index is 8.84. The summed E-state index contributed by atoms with van der Waals surface area (Å²) in [4.78, 5) is 1.98. The van der Waals surface area contributed by atoms with Gasteiger partial charge in [-0.2, -0.15) is 0 Å². The molecule has 0 fully saturated rings. The van der Waals surface area contributed by atoms with Gasteiger partial charge < -0.3 is 14.4 Å². The minimum Gasteiger partial charge on any atom is -0.462 e. The van der Waals surface area contributed by atoms with Gasteiger partial charge in [0, 0.05) is 19.0 Å². The van der Waals surface area contributed by atoms with Crippen molar-refractivity contribution in [3.8, 4) is 0 Å². The second-order valence-corrected chi connectivity index (χ2v) is 3.26. The molecule has 1 aromatic heterocycles. The molecule has 0 amide bonds. The normalized spacial score (nSPS) is 10.7. The average molecular weight is 191 g/mol. The largest absolute Gasteiger partial charge is 0.462 e. The highest BCUT2D eigenvalue weighted by Gasteiger charge is 2.08. The smallest absolute Gasteiger partial charge is 0.136 e. The number of para-hydroxylation sites is 1. The third kappa shape index (κ3) is 1.46. The molecule has 3 heteroatoms. The second kappa shape index (κ2) is 3.72. The van der Waals surface area contributed by atoms with Crippen LogP contribution >= 0.6 is 0 Å². The van der Waals surface area contributed by atoms with Gasteiger partial charge in [-0.05, 0) is 12.1 Å². The van der Waals surface area contributed by atoms with Gasteiger partial charge in [0.1, 0.15) is 11.8 Å². The van der Waals surface area contributed by atoms with E-state index in [1.807, 2.05) is 36.2 Å². The predicted octanol–water partition coefficient (Wildman–Crippen LogP) is 1.86. The van der Waals surface area contributed by atoms with Crippen LogP contribution in [0.4, 0.5) is 5.69 Å². The molecule has 0 radical (unpaired) electrons. The van der Waals surface area contributed by atoms with Crippen molar-refractivity contribution >= 4 is 16.7 Å². The van der Waals surface area contributed by atoms with Gasteiger partial charge in [0.25, 0.3) is 0 Å². The molecule has 1 N–H and O–H groups in total. The molecule has 2 aromatic rings. The van der Waals surface area contributed by atoms with Gasteiger partial charge in [-0.3, -0.25) is 0 Å². The first-order valence-corrected chi connectivity index (χ1v) is 4.61. The average Bonchev–Trinajstić information content (AvgIpc) is 2.61. The third-order valence-electron chi connectivity index (χ3n) is 2.31. The lowest BCUT2D eigenvalue weighted by Gasteiger charge is -2.15. The molecule has 1 heterocycles. The molecule has 0 saturated heterocycles. The number of anilines is 1. The number of aliphatic hydroxyl groups is 1. The van der Waals surface area contributed by atoms with Crippen molar-refractivity contribution in [2.45, 2.75) is 0 Å². The molecule has 0 spiro atoms. The lowest BCUT2D eigenvalue weighted by atomic mass is 10.2. The topological polar surface area (TPSA) is 36.6 Å². The molecule has 2 rings (SSSR count). The molecule has 0 saturated carbocycles. The van der Waals surface area contributed by atoms with E-state index in [1.54, 1.807) is 6.26 Å². The summed E-state index contributed by atoms with van der Waals surface area (Å²) in [6.07, 6.45) is 1.72. The Labute approximate surface area is 82.6 Å². The van der Waals surface area contributed by atoms with Crippen LogP contribution in [0.5, 0.6) is 0 Å². The first-order chi connectivity index (χ1) is 6.83. The first-order valence-electron chi connectivity index (χ1n) is 4.61. The van der Waals surface area contributed by atoms with Crippen molar-refractivity contribution in [2.24, 2.45) is 0 Å². The molecule has 0 aliphatic rings. The van der Waals surface area contributed by atoms with Gasteiger partial charge in [0.15, 0.2) is 0 Å². The van der Waals surface area contributed by atoms with Gasteiger partial charge in [0.05, 0.1) is 12.3 Å². The SMILES string of the molecule is CN(CCO)c1coc2ccccc12. The quantitative estimate of drug-likeness (QED) is 0.804. The van der Waals surface area contributed by atoms with Crippen LogP contribution in [0.1, 0.15) is 0 Å². The fourth-order valence-corrected chi connectivity index (χ4v) is 1.53. The number of likely N-dealkylation sites (N-methyl/N-ethyl adjacent to an activating group) is 1. The van der Waals surface area contributed by atoms with Gasteiger partial charge >= 0.3 is 0 Å². The summed E-state index contributed by atoms with van der Waals surface area (Å²) in [6, 6.07) is 7.88. The van der Waals surface area contributed by atoms with E-state index in [-0.39, 0.29) is 6.61 Å². The van der Waals surface area contributed by atoms with Crippen molar-refractivity contribution in [3.05, 3.63) is 30.5 Å². The highest BCUT2D eigenvalue weighted by Crippen LogP contribution is 2.27. The zero-order valence-electron chi connectivity index (χ0n) is 8.10. The Balaban J connectivity index is 2.42. The van der Waals surface area contributed by atoms with Gasteiger partial charge in [-0.15, -0.1) is 0 Å². The maximum absolute atomic E-state index is 8.84. The Kier molecular flexibility index (Phi) is 2.41. The fourth-order valence-electron chi connectivity index (χ4n) is 1.53. The Morgan fingerprint density at radius 2 is 2.14 bits per heavy atom. The van der Waals surface area contributed by atoms with Crippen LogP contribution in [0, 0.1) is 0 Å². The summed E-state index contributed by atoms with van der Waals surface area (Å²) in [5.74, 6) is 0. The van der Waals surface area contributed by atoms with Crippen molar-refractivity contribution < 1.29 is 9.52 Å². The molecule has 0 aliphatic carbocycles. The Bertz CT molecular complexity index is 422. The molecule has 3 nitrogen and oxygen atoms in total. The summed E-state index contributed by atoms with van der Waals surface area (Å²) in [6.45, 7) is 0.763. The summed E-state index contributed by atoms with van der Waals surface area (Å²) < 4.78 is 5.39. The standard InChI is InChI=1S/C11H13NO2/c1-12(6-7-13)10-8-14-11-5-3-2-4-9(10)11/h2-5,8,13H,6-7H2,1H3. The molecular weight excluding hydrogens is 178 g/mol. The lowest BCUT2D eigenvalue weighted by Crippen LogP contribution is -2.20. The monoisotopic (exact) mass is 191 g/mol. The number of nitrogens with zero attached hydrogens (tertiary/aromatic N) is 1. The number of aliphatic hydroxyl groups excluding tert-OH is 1. The van der Waals surface area contributed by atoms with E-state index < -0.39 is 0 Å². The molecule has 0 unspecified atom stereocenters. The summed E-state index contributed by atoms with van der Waals surface area (Å²) >= 11 is 0. The highest BCUT2D eigenvalue weighted by molar-refractivity contribution is 5.90. The van der Waals surface area contributed by atoms with Gasteiger partial charge in [-0.1, -0.05) is 12.1 Å². The number of hydrogen-bond acceptors (Lipinski definition) is 3. The highest BCUT2D eigenvalue weighted by atomic mass is 16.3. The van der Waals surface area contributed by atoms with Crippen LogP contribution in [0.3, 0.4) is 0 Å². The summed E-state index contributed by atoms with van der Waals surface area (Å²) in [7, 11) is 1.94. The van der Waals surface area contributed by atoms with E-state index in [9.17, 15) is 0 Å². The van der Waals surface area contributed by atoms with E-state index in [4.69, 9.17) is 9.52 Å². The van der Waals surface area contributed by atoms with Crippen LogP contribution in [0.25, 0.3) is 11.0 Å². The van der Waals surface area contributed by atoms with Crippen molar-refractivity contribution in [1.82, 2.24) is 0 Å². The van der Waals surface area contributed by atoms with E-state index in [0.29, 0.717) is 6.54 Å². The number of furan rings is 1. The number of benzene rings is 1. The summed E-state index contributed by atoms with van der Waals surface area (Å²) in [5, 5.41) is 9.92. The molecule has 0 bridgehead atoms. The van der Waals surface area contributed by atoms with E-state index in [1.165, 1.54) is 0 Å². The third-order valence-corrected chi connectivity index (χ3v) is 2.31. The van der Waals surface area contributed by atoms with Crippen LogP contribution in [0.15, 0.2) is 34.9 Å². The first kappa shape index (κ1) is 9.09. The molecule has 14 heavy (non-hydrogen) atoms. The zero-order valence-corrected chi connectivity index (χ0v) is 8.10.